The van der Waals surface area contributed by atoms with Gasteiger partial charge in [0, 0.05) is 42.3 Å². The van der Waals surface area contributed by atoms with E-state index in [1.807, 2.05) is 6.07 Å². The summed E-state index contributed by atoms with van der Waals surface area (Å²) in [5.41, 5.74) is 3.16. The molecule has 1 N–H and O–H groups in total. The van der Waals surface area contributed by atoms with Crippen molar-refractivity contribution in [2.24, 2.45) is 0 Å². The van der Waals surface area contributed by atoms with Crippen molar-refractivity contribution < 1.29 is 13.9 Å². The molecule has 1 aliphatic heterocycles. The third-order valence-corrected chi connectivity index (χ3v) is 6.47. The fourth-order valence-electron chi connectivity index (χ4n) is 4.80. The normalized spacial score (nSPS) is 19.0. The molecule has 1 saturated heterocycles. The number of nitrogens with one attached hydrogen (secondary N) is 1. The van der Waals surface area contributed by atoms with E-state index in [0.29, 0.717) is 12.6 Å². The number of rotatable bonds is 6. The molecule has 158 valence electrons. The lowest BCUT2D eigenvalue weighted by Gasteiger charge is -2.26. The highest BCUT2D eigenvalue weighted by molar-refractivity contribution is 5.87. The first-order valence-corrected chi connectivity index (χ1v) is 11.0. The summed E-state index contributed by atoms with van der Waals surface area (Å²) in [4.78, 5) is 15.1. The van der Waals surface area contributed by atoms with Crippen LogP contribution in [-0.4, -0.2) is 54.3 Å². The Morgan fingerprint density at radius 3 is 2.72 bits per heavy atom. The van der Waals surface area contributed by atoms with Crippen molar-refractivity contribution in [3.63, 3.8) is 0 Å². The van der Waals surface area contributed by atoms with Crippen LogP contribution in [0.5, 0.6) is 0 Å². The zero-order valence-electron chi connectivity index (χ0n) is 17.4. The molecule has 0 unspecified atom stereocenters. The first-order valence-electron chi connectivity index (χ1n) is 11.0. The smallest absolute Gasteiger partial charge is 0.240 e. The Kier molecular flexibility index (Phi) is 6.50. The van der Waals surface area contributed by atoms with Crippen molar-refractivity contribution in [2.45, 2.75) is 58.0 Å². The summed E-state index contributed by atoms with van der Waals surface area (Å²) in [7, 11) is 0. The van der Waals surface area contributed by atoms with E-state index in [4.69, 9.17) is 4.74 Å². The molecule has 2 fully saturated rings. The number of halogens is 1. The number of carbonyl (C=O) groups excluding carboxylic acids is 1. The second-order valence-corrected chi connectivity index (χ2v) is 8.42. The fourth-order valence-corrected chi connectivity index (χ4v) is 4.80. The monoisotopic (exact) mass is 401 g/mol. The number of nitrogens with zero attached hydrogens (tertiary/aromatic N) is 2. The van der Waals surface area contributed by atoms with Gasteiger partial charge in [0.1, 0.15) is 12.4 Å². The molecule has 0 bridgehead atoms. The summed E-state index contributed by atoms with van der Waals surface area (Å²) < 4.78 is 21.5. The van der Waals surface area contributed by atoms with Crippen LogP contribution in [0.1, 0.15) is 43.4 Å². The highest BCUT2D eigenvalue weighted by Crippen LogP contribution is 2.28. The van der Waals surface area contributed by atoms with Crippen LogP contribution in [0.25, 0.3) is 10.9 Å². The Morgan fingerprint density at radius 1 is 1.21 bits per heavy atom. The molecule has 1 aromatic carbocycles. The van der Waals surface area contributed by atoms with E-state index >= 15 is 0 Å². The van der Waals surface area contributed by atoms with E-state index in [2.05, 4.69) is 21.7 Å². The topological polar surface area (TPSA) is 46.5 Å². The fraction of sp³-hybridized carbons (Fsp3) is 0.609. The number of hydrogen-bond acceptors (Lipinski definition) is 3. The molecule has 1 aliphatic carbocycles. The quantitative estimate of drug-likeness (QED) is 0.807. The molecule has 0 radical (unpaired) electrons. The SMILES string of the molecule is Cc1c(CCN2CCOCC2)c2cc(F)ccc2n1CC(=O)NC1CCCCC1. The highest BCUT2D eigenvalue weighted by atomic mass is 19.1. The van der Waals surface area contributed by atoms with Gasteiger partial charge in [-0.2, -0.15) is 0 Å². The summed E-state index contributed by atoms with van der Waals surface area (Å²) in [6.07, 6.45) is 6.66. The summed E-state index contributed by atoms with van der Waals surface area (Å²) in [6, 6.07) is 5.22. The summed E-state index contributed by atoms with van der Waals surface area (Å²) >= 11 is 0. The van der Waals surface area contributed by atoms with Gasteiger partial charge in [-0.05, 0) is 49.9 Å². The lowest BCUT2D eigenvalue weighted by molar-refractivity contribution is -0.122. The van der Waals surface area contributed by atoms with E-state index in [9.17, 15) is 9.18 Å². The van der Waals surface area contributed by atoms with Crippen LogP contribution in [0.3, 0.4) is 0 Å². The average Bonchev–Trinajstić information content (AvgIpc) is 2.98. The Balaban J connectivity index is 1.53. The number of hydrogen-bond donors (Lipinski definition) is 1. The van der Waals surface area contributed by atoms with E-state index < -0.39 is 0 Å². The molecular weight excluding hydrogens is 369 g/mol. The first kappa shape index (κ1) is 20.4. The largest absolute Gasteiger partial charge is 0.379 e. The van der Waals surface area contributed by atoms with Crippen LogP contribution in [0.15, 0.2) is 18.2 Å². The van der Waals surface area contributed by atoms with Gasteiger partial charge in [0.15, 0.2) is 0 Å². The summed E-state index contributed by atoms with van der Waals surface area (Å²) in [6.45, 7) is 6.70. The van der Waals surface area contributed by atoms with E-state index in [1.54, 1.807) is 6.07 Å². The number of morpholine rings is 1. The van der Waals surface area contributed by atoms with Gasteiger partial charge in [0.05, 0.1) is 13.2 Å². The first-order chi connectivity index (χ1) is 14.1. The zero-order chi connectivity index (χ0) is 20.2. The molecule has 1 aromatic heterocycles. The van der Waals surface area contributed by atoms with Gasteiger partial charge in [-0.25, -0.2) is 4.39 Å². The van der Waals surface area contributed by atoms with Crippen LogP contribution >= 0.6 is 0 Å². The zero-order valence-corrected chi connectivity index (χ0v) is 17.4. The average molecular weight is 402 g/mol. The van der Waals surface area contributed by atoms with E-state index in [-0.39, 0.29) is 11.7 Å². The maximum Gasteiger partial charge on any atom is 0.240 e. The Bertz CT molecular complexity index is 851. The predicted octanol–water partition coefficient (Wildman–Crippen LogP) is 3.41. The third kappa shape index (κ3) is 4.81. The summed E-state index contributed by atoms with van der Waals surface area (Å²) in [5, 5.41) is 4.14. The molecule has 0 atom stereocenters. The lowest BCUT2D eigenvalue weighted by atomic mass is 9.95. The highest BCUT2D eigenvalue weighted by Gasteiger charge is 2.20. The molecule has 4 rings (SSSR count). The summed E-state index contributed by atoms with van der Waals surface area (Å²) in [5.74, 6) is -0.171. The van der Waals surface area contributed by atoms with Gasteiger partial charge in [-0.3, -0.25) is 9.69 Å². The van der Waals surface area contributed by atoms with E-state index in [0.717, 1.165) is 74.3 Å². The second kappa shape index (κ2) is 9.26. The Hall–Kier alpha value is -1.92. The minimum atomic E-state index is -0.228. The van der Waals surface area contributed by atoms with Gasteiger partial charge in [0.25, 0.3) is 0 Å². The van der Waals surface area contributed by atoms with Gasteiger partial charge < -0.3 is 14.6 Å². The minimum Gasteiger partial charge on any atom is -0.379 e. The van der Waals surface area contributed by atoms with Gasteiger partial charge in [-0.1, -0.05) is 19.3 Å². The van der Waals surface area contributed by atoms with Crippen molar-refractivity contribution in [3.8, 4) is 0 Å². The van der Waals surface area contributed by atoms with Gasteiger partial charge in [-0.15, -0.1) is 0 Å². The molecule has 1 amide bonds. The Labute approximate surface area is 172 Å². The van der Waals surface area contributed by atoms with Gasteiger partial charge >= 0.3 is 0 Å². The third-order valence-electron chi connectivity index (χ3n) is 6.47. The molecule has 0 spiro atoms. The van der Waals surface area contributed by atoms with Crippen LogP contribution in [0, 0.1) is 12.7 Å². The van der Waals surface area contributed by atoms with Crippen molar-refractivity contribution in [2.75, 3.05) is 32.8 Å². The molecule has 6 heteroatoms. The maximum absolute atomic E-state index is 14.0. The van der Waals surface area contributed by atoms with Crippen LogP contribution in [0.4, 0.5) is 4.39 Å². The molecule has 2 aromatic rings. The molecule has 2 heterocycles. The number of amides is 1. The number of ether oxygens (including phenoxy) is 1. The number of fused-ring (bicyclic) bond motifs is 1. The molecule has 5 nitrogen and oxygen atoms in total. The molecule has 2 aliphatic rings. The van der Waals surface area contributed by atoms with Gasteiger partial charge in [0.2, 0.25) is 5.91 Å². The molecular formula is C23H32FN3O2. The Morgan fingerprint density at radius 2 is 1.97 bits per heavy atom. The standard InChI is InChI=1S/C23H32FN3O2/c1-17-20(9-10-26-11-13-29-14-12-26)21-15-18(24)7-8-22(21)27(17)16-23(28)25-19-5-3-2-4-6-19/h7-8,15,19H,2-6,9-14,16H2,1H3,(H,25,28). The van der Waals surface area contributed by atoms with Crippen molar-refractivity contribution in [1.82, 2.24) is 14.8 Å². The van der Waals surface area contributed by atoms with E-state index in [1.165, 1.54) is 25.3 Å². The van der Waals surface area contributed by atoms with Crippen molar-refractivity contribution >= 4 is 16.8 Å². The molecule has 1 saturated carbocycles. The van der Waals surface area contributed by atoms with Crippen LogP contribution in [0.2, 0.25) is 0 Å². The number of aromatic nitrogens is 1. The molecule has 29 heavy (non-hydrogen) atoms. The lowest BCUT2D eigenvalue weighted by Crippen LogP contribution is -2.38. The van der Waals surface area contributed by atoms with Crippen LogP contribution < -0.4 is 5.32 Å². The number of carbonyl (C=O) groups is 1. The minimum absolute atomic E-state index is 0.0564. The predicted molar refractivity (Wildman–Crippen MR) is 113 cm³/mol. The van der Waals surface area contributed by atoms with Crippen molar-refractivity contribution in [3.05, 3.63) is 35.3 Å². The van der Waals surface area contributed by atoms with Crippen molar-refractivity contribution in [1.29, 1.82) is 0 Å². The second-order valence-electron chi connectivity index (χ2n) is 8.42. The van der Waals surface area contributed by atoms with Crippen LogP contribution in [-0.2, 0) is 22.5 Å². The number of benzene rings is 1. The maximum atomic E-state index is 14.0.